The summed E-state index contributed by atoms with van der Waals surface area (Å²) in [6.07, 6.45) is 3.33. The minimum atomic E-state index is -3.57. The van der Waals surface area contributed by atoms with Crippen molar-refractivity contribution in [2.24, 2.45) is 11.0 Å². The molecule has 184 valence electrons. The summed E-state index contributed by atoms with van der Waals surface area (Å²) in [6, 6.07) is 12.0. The Hall–Kier alpha value is -2.43. The summed E-state index contributed by atoms with van der Waals surface area (Å²) in [5.41, 5.74) is 3.34. The van der Waals surface area contributed by atoms with Crippen LogP contribution in [0.3, 0.4) is 0 Å². The maximum absolute atomic E-state index is 12.8. The van der Waals surface area contributed by atoms with Gasteiger partial charge < -0.3 is 9.47 Å². The van der Waals surface area contributed by atoms with E-state index in [4.69, 9.17) is 9.47 Å². The number of hydrazone groups is 1. The highest BCUT2D eigenvalue weighted by atomic mass is 79.9. The Morgan fingerprint density at radius 3 is 2.47 bits per heavy atom. The van der Waals surface area contributed by atoms with Crippen molar-refractivity contribution >= 4 is 38.1 Å². The number of ether oxygens (including phenoxy) is 2. The molecule has 3 rings (SSSR count). The van der Waals surface area contributed by atoms with Crippen LogP contribution >= 0.6 is 15.9 Å². The lowest BCUT2D eigenvalue weighted by molar-refractivity contribution is -0.126. The molecule has 0 radical (unpaired) electrons. The first-order valence-corrected chi connectivity index (χ1v) is 13.6. The number of sulfonamides is 1. The van der Waals surface area contributed by atoms with E-state index in [1.165, 1.54) is 4.31 Å². The summed E-state index contributed by atoms with van der Waals surface area (Å²) < 4.78 is 39.2. The molecule has 10 heteroatoms. The number of piperidine rings is 1. The van der Waals surface area contributed by atoms with Gasteiger partial charge >= 0.3 is 0 Å². The first-order chi connectivity index (χ1) is 16.3. The Kier molecular flexibility index (Phi) is 9.49. The van der Waals surface area contributed by atoms with E-state index < -0.39 is 10.0 Å². The predicted molar refractivity (Wildman–Crippen MR) is 135 cm³/mol. The van der Waals surface area contributed by atoms with Gasteiger partial charge in [-0.25, -0.2) is 13.8 Å². The molecule has 1 aliphatic heterocycles. The number of amides is 1. The Morgan fingerprint density at radius 1 is 1.12 bits per heavy atom. The van der Waals surface area contributed by atoms with Gasteiger partial charge in [-0.15, -0.1) is 0 Å². The fourth-order valence-corrected chi connectivity index (χ4v) is 5.31. The van der Waals surface area contributed by atoms with Crippen molar-refractivity contribution in [2.75, 3.05) is 26.3 Å². The molecular weight excluding hydrogens is 522 g/mol. The lowest BCUT2D eigenvalue weighted by Gasteiger charge is -2.30. The molecule has 1 fully saturated rings. The van der Waals surface area contributed by atoms with Crippen molar-refractivity contribution in [3.8, 4) is 11.5 Å². The number of hydrogen-bond acceptors (Lipinski definition) is 6. The van der Waals surface area contributed by atoms with E-state index in [9.17, 15) is 13.2 Å². The van der Waals surface area contributed by atoms with Gasteiger partial charge in [-0.3, -0.25) is 4.79 Å². The molecular formula is C24H30BrN3O5S. The SMILES string of the molecule is CCCOc1ccc(/C=N\NC(=O)C2CCN(S(=O)(=O)c3ccc(Br)cc3)CC2)cc1OCC. The standard InChI is InChI=1S/C24H30BrN3O5S/c1-3-15-33-22-10-5-18(16-23(22)32-4-2)17-26-27-24(29)19-11-13-28(14-12-19)34(30,31)21-8-6-20(25)7-9-21/h5-10,16-17,19H,3-4,11-15H2,1-2H3,(H,27,29)/b26-17-. The van der Waals surface area contributed by atoms with E-state index in [1.54, 1.807) is 30.5 Å². The van der Waals surface area contributed by atoms with E-state index in [1.807, 2.05) is 32.0 Å². The minimum Gasteiger partial charge on any atom is -0.490 e. The van der Waals surface area contributed by atoms with Gasteiger partial charge in [-0.1, -0.05) is 22.9 Å². The van der Waals surface area contributed by atoms with Gasteiger partial charge in [0.15, 0.2) is 11.5 Å². The maximum atomic E-state index is 12.8. The van der Waals surface area contributed by atoms with E-state index >= 15 is 0 Å². The van der Waals surface area contributed by atoms with Gasteiger partial charge in [0.05, 0.1) is 24.3 Å². The van der Waals surface area contributed by atoms with Crippen molar-refractivity contribution in [3.63, 3.8) is 0 Å². The summed E-state index contributed by atoms with van der Waals surface area (Å²) >= 11 is 3.31. The zero-order chi connectivity index (χ0) is 24.6. The first-order valence-electron chi connectivity index (χ1n) is 11.3. The maximum Gasteiger partial charge on any atom is 0.243 e. The number of benzene rings is 2. The van der Waals surface area contributed by atoms with Crippen molar-refractivity contribution in [1.29, 1.82) is 0 Å². The van der Waals surface area contributed by atoms with Crippen LogP contribution < -0.4 is 14.9 Å². The Labute approximate surface area is 209 Å². The highest BCUT2D eigenvalue weighted by Crippen LogP contribution is 2.28. The monoisotopic (exact) mass is 551 g/mol. The number of rotatable bonds is 10. The van der Waals surface area contributed by atoms with Gasteiger partial charge in [-0.05, 0) is 74.2 Å². The van der Waals surface area contributed by atoms with E-state index in [0.29, 0.717) is 37.6 Å². The Morgan fingerprint density at radius 2 is 1.82 bits per heavy atom. The Balaban J connectivity index is 1.54. The van der Waals surface area contributed by atoms with Crippen LogP contribution in [0.15, 0.2) is 56.9 Å². The topological polar surface area (TPSA) is 97.3 Å². The van der Waals surface area contributed by atoms with Crippen LogP contribution in [0.2, 0.25) is 0 Å². The second-order valence-electron chi connectivity index (χ2n) is 7.85. The Bertz CT molecular complexity index is 1100. The smallest absolute Gasteiger partial charge is 0.243 e. The van der Waals surface area contributed by atoms with Crippen LogP contribution in [0, 0.1) is 5.92 Å². The average molecular weight is 552 g/mol. The van der Waals surface area contributed by atoms with Crippen molar-refractivity contribution in [1.82, 2.24) is 9.73 Å². The molecule has 2 aromatic rings. The number of hydrogen-bond donors (Lipinski definition) is 1. The molecule has 0 spiro atoms. The molecule has 1 amide bonds. The second-order valence-corrected chi connectivity index (χ2v) is 10.7. The number of carbonyl (C=O) groups is 1. The molecule has 0 saturated carbocycles. The van der Waals surface area contributed by atoms with Gasteiger partial charge in [0.25, 0.3) is 0 Å². The zero-order valence-electron chi connectivity index (χ0n) is 19.4. The number of carbonyl (C=O) groups excluding carboxylic acids is 1. The molecule has 0 aromatic heterocycles. The highest BCUT2D eigenvalue weighted by Gasteiger charge is 2.32. The van der Waals surface area contributed by atoms with Gasteiger partial charge in [0, 0.05) is 23.5 Å². The molecule has 1 N–H and O–H groups in total. The second kappa shape index (κ2) is 12.3. The highest BCUT2D eigenvalue weighted by molar-refractivity contribution is 9.10. The number of halogens is 1. The molecule has 0 aliphatic carbocycles. The zero-order valence-corrected chi connectivity index (χ0v) is 21.8. The minimum absolute atomic E-state index is 0.218. The molecule has 1 heterocycles. The molecule has 1 saturated heterocycles. The third-order valence-corrected chi connectivity index (χ3v) is 7.84. The van der Waals surface area contributed by atoms with Crippen LogP contribution in [0.4, 0.5) is 0 Å². The quantitative estimate of drug-likeness (QED) is 0.352. The lowest BCUT2D eigenvalue weighted by Crippen LogP contribution is -2.42. The van der Waals surface area contributed by atoms with Gasteiger partial charge in [-0.2, -0.15) is 9.41 Å². The first kappa shape index (κ1) is 26.2. The molecule has 0 atom stereocenters. The van der Waals surface area contributed by atoms with Gasteiger partial charge in [0.2, 0.25) is 15.9 Å². The molecule has 8 nitrogen and oxygen atoms in total. The summed E-state index contributed by atoms with van der Waals surface area (Å²) in [5, 5.41) is 4.08. The summed E-state index contributed by atoms with van der Waals surface area (Å²) in [4.78, 5) is 12.8. The van der Waals surface area contributed by atoms with E-state index in [0.717, 1.165) is 16.5 Å². The van der Waals surface area contributed by atoms with E-state index in [-0.39, 0.29) is 29.8 Å². The molecule has 34 heavy (non-hydrogen) atoms. The van der Waals surface area contributed by atoms with Crippen molar-refractivity contribution in [2.45, 2.75) is 38.0 Å². The van der Waals surface area contributed by atoms with Crippen LogP contribution in [-0.4, -0.2) is 51.1 Å². The third-order valence-electron chi connectivity index (χ3n) is 5.39. The van der Waals surface area contributed by atoms with Crippen LogP contribution in [0.1, 0.15) is 38.7 Å². The number of nitrogens with one attached hydrogen (secondary N) is 1. The van der Waals surface area contributed by atoms with Crippen LogP contribution in [-0.2, 0) is 14.8 Å². The van der Waals surface area contributed by atoms with Crippen LogP contribution in [0.25, 0.3) is 0 Å². The number of nitrogens with zero attached hydrogens (tertiary/aromatic N) is 2. The third kappa shape index (κ3) is 6.80. The fourth-order valence-electron chi connectivity index (χ4n) is 3.58. The van der Waals surface area contributed by atoms with Gasteiger partial charge in [0.1, 0.15) is 0 Å². The largest absolute Gasteiger partial charge is 0.490 e. The molecule has 2 aromatic carbocycles. The average Bonchev–Trinajstić information content (AvgIpc) is 2.84. The summed E-state index contributed by atoms with van der Waals surface area (Å²) in [6.45, 7) is 5.63. The van der Waals surface area contributed by atoms with Crippen LogP contribution in [0.5, 0.6) is 11.5 Å². The fraction of sp³-hybridized carbons (Fsp3) is 0.417. The lowest BCUT2D eigenvalue weighted by atomic mass is 9.98. The molecule has 0 bridgehead atoms. The normalized spacial score (nSPS) is 15.4. The van der Waals surface area contributed by atoms with Crippen molar-refractivity contribution < 1.29 is 22.7 Å². The van der Waals surface area contributed by atoms with E-state index in [2.05, 4.69) is 26.5 Å². The van der Waals surface area contributed by atoms with Crippen molar-refractivity contribution in [3.05, 3.63) is 52.5 Å². The molecule has 0 unspecified atom stereocenters. The predicted octanol–water partition coefficient (Wildman–Crippen LogP) is 4.19. The summed E-state index contributed by atoms with van der Waals surface area (Å²) in [5.74, 6) is 0.794. The summed E-state index contributed by atoms with van der Waals surface area (Å²) in [7, 11) is -3.57. The molecule has 1 aliphatic rings.